The van der Waals surface area contributed by atoms with Crippen molar-refractivity contribution in [1.82, 2.24) is 0 Å². The highest BCUT2D eigenvalue weighted by atomic mass is 32.2. The van der Waals surface area contributed by atoms with Gasteiger partial charge in [-0.1, -0.05) is 11.8 Å². The Morgan fingerprint density at radius 3 is 2.11 bits per heavy atom. The lowest BCUT2D eigenvalue weighted by atomic mass is 10.2. The number of nitrogens with two attached hydrogens (primary N) is 1. The largest absolute Gasteiger partial charge is 0.416 e. The van der Waals surface area contributed by atoms with Crippen molar-refractivity contribution in [3.05, 3.63) is 53.8 Å². The molecule has 0 radical (unpaired) electrons. The Morgan fingerprint density at radius 2 is 1.58 bits per heavy atom. The summed E-state index contributed by atoms with van der Waals surface area (Å²) in [4.78, 5) is 1.20. The SMILES string of the molecule is Nc1cc(C(F)(F)F)ccc1Sc1ccc(F)cc1. The van der Waals surface area contributed by atoms with Gasteiger partial charge in [0.1, 0.15) is 5.82 Å². The van der Waals surface area contributed by atoms with Gasteiger partial charge in [-0.3, -0.25) is 0 Å². The smallest absolute Gasteiger partial charge is 0.398 e. The average Bonchev–Trinajstić information content (AvgIpc) is 2.33. The molecule has 2 rings (SSSR count). The molecule has 0 aliphatic carbocycles. The monoisotopic (exact) mass is 287 g/mol. The lowest BCUT2D eigenvalue weighted by Gasteiger charge is -2.10. The highest BCUT2D eigenvalue weighted by Crippen LogP contribution is 2.36. The zero-order valence-electron chi connectivity index (χ0n) is 9.54. The Morgan fingerprint density at radius 1 is 0.947 bits per heavy atom. The summed E-state index contributed by atoms with van der Waals surface area (Å²) >= 11 is 1.18. The summed E-state index contributed by atoms with van der Waals surface area (Å²) in [6, 6.07) is 8.82. The van der Waals surface area contributed by atoms with E-state index in [9.17, 15) is 17.6 Å². The molecule has 100 valence electrons. The van der Waals surface area contributed by atoms with Crippen LogP contribution >= 0.6 is 11.8 Å². The van der Waals surface area contributed by atoms with E-state index in [0.29, 0.717) is 9.79 Å². The van der Waals surface area contributed by atoms with Gasteiger partial charge in [0.25, 0.3) is 0 Å². The van der Waals surface area contributed by atoms with Crippen molar-refractivity contribution in [1.29, 1.82) is 0 Å². The molecule has 0 fully saturated rings. The molecule has 0 aliphatic heterocycles. The van der Waals surface area contributed by atoms with E-state index in [-0.39, 0.29) is 11.5 Å². The minimum absolute atomic E-state index is 0.0455. The first-order chi connectivity index (χ1) is 8.86. The first-order valence-corrected chi connectivity index (χ1v) is 6.08. The number of anilines is 1. The fourth-order valence-corrected chi connectivity index (χ4v) is 2.29. The van der Waals surface area contributed by atoms with Crippen LogP contribution < -0.4 is 5.73 Å². The van der Waals surface area contributed by atoms with Crippen LogP contribution in [0.2, 0.25) is 0 Å². The minimum Gasteiger partial charge on any atom is -0.398 e. The standard InChI is InChI=1S/C13H9F4NS/c14-9-2-4-10(5-3-9)19-12-6-1-8(7-11(12)18)13(15,16)17/h1-7H,18H2. The van der Waals surface area contributed by atoms with Crippen LogP contribution in [0.1, 0.15) is 5.56 Å². The molecule has 2 N–H and O–H groups in total. The van der Waals surface area contributed by atoms with E-state index < -0.39 is 11.7 Å². The number of hydrogen-bond acceptors (Lipinski definition) is 2. The van der Waals surface area contributed by atoms with E-state index >= 15 is 0 Å². The lowest BCUT2D eigenvalue weighted by Crippen LogP contribution is -2.05. The van der Waals surface area contributed by atoms with Crippen LogP contribution in [0.15, 0.2) is 52.3 Å². The van der Waals surface area contributed by atoms with E-state index in [0.717, 1.165) is 12.1 Å². The van der Waals surface area contributed by atoms with Gasteiger partial charge in [0.2, 0.25) is 0 Å². The first kappa shape index (κ1) is 13.7. The Labute approximate surface area is 111 Å². The lowest BCUT2D eigenvalue weighted by molar-refractivity contribution is -0.137. The van der Waals surface area contributed by atoms with Crippen molar-refractivity contribution in [3.63, 3.8) is 0 Å². The third-order valence-electron chi connectivity index (χ3n) is 2.38. The minimum atomic E-state index is -4.41. The van der Waals surface area contributed by atoms with Gasteiger partial charge in [-0.2, -0.15) is 13.2 Å². The molecule has 0 aromatic heterocycles. The summed E-state index contributed by atoms with van der Waals surface area (Å²) < 4.78 is 50.1. The molecule has 1 nitrogen and oxygen atoms in total. The number of rotatable bonds is 2. The van der Waals surface area contributed by atoms with Crippen LogP contribution in [0.3, 0.4) is 0 Å². The van der Waals surface area contributed by atoms with Crippen molar-refractivity contribution >= 4 is 17.4 Å². The third-order valence-corrected chi connectivity index (χ3v) is 3.48. The van der Waals surface area contributed by atoms with Gasteiger partial charge in [-0.05, 0) is 42.5 Å². The predicted molar refractivity (Wildman–Crippen MR) is 66.4 cm³/mol. The van der Waals surface area contributed by atoms with Gasteiger partial charge >= 0.3 is 6.18 Å². The van der Waals surface area contributed by atoms with E-state index in [2.05, 4.69) is 0 Å². The van der Waals surface area contributed by atoms with Crippen LogP contribution in [0.25, 0.3) is 0 Å². The Bertz CT molecular complexity index is 578. The highest BCUT2D eigenvalue weighted by Gasteiger charge is 2.30. The van der Waals surface area contributed by atoms with E-state index in [1.54, 1.807) is 0 Å². The summed E-state index contributed by atoms with van der Waals surface area (Å²) in [7, 11) is 0. The van der Waals surface area contributed by atoms with Crippen LogP contribution in [0, 0.1) is 5.82 Å². The highest BCUT2D eigenvalue weighted by molar-refractivity contribution is 7.99. The molecule has 0 atom stereocenters. The maximum absolute atomic E-state index is 12.7. The van der Waals surface area contributed by atoms with Crippen LogP contribution in [0.4, 0.5) is 23.2 Å². The van der Waals surface area contributed by atoms with E-state index in [1.807, 2.05) is 0 Å². The van der Waals surface area contributed by atoms with E-state index in [4.69, 9.17) is 5.73 Å². The van der Waals surface area contributed by atoms with Gasteiger partial charge in [-0.15, -0.1) is 0 Å². The predicted octanol–water partition coefficient (Wildman–Crippen LogP) is 4.58. The average molecular weight is 287 g/mol. The Balaban J connectivity index is 2.24. The molecule has 0 amide bonds. The molecular weight excluding hydrogens is 278 g/mol. The fraction of sp³-hybridized carbons (Fsp3) is 0.0769. The van der Waals surface area contributed by atoms with E-state index in [1.165, 1.54) is 42.1 Å². The van der Waals surface area contributed by atoms with Crippen molar-refractivity contribution in [2.75, 3.05) is 5.73 Å². The molecular formula is C13H9F4NS. The van der Waals surface area contributed by atoms with Gasteiger partial charge in [-0.25, -0.2) is 4.39 Å². The molecule has 0 saturated heterocycles. The summed E-state index contributed by atoms with van der Waals surface area (Å²) in [5.41, 5.74) is 4.86. The molecule has 2 aromatic carbocycles. The van der Waals surface area contributed by atoms with Crippen LogP contribution in [-0.2, 0) is 6.18 Å². The van der Waals surface area contributed by atoms with Crippen molar-refractivity contribution in [2.45, 2.75) is 16.0 Å². The number of halogens is 4. The van der Waals surface area contributed by atoms with Crippen molar-refractivity contribution < 1.29 is 17.6 Å². The number of nitrogen functional groups attached to an aromatic ring is 1. The molecule has 2 aromatic rings. The first-order valence-electron chi connectivity index (χ1n) is 5.26. The quantitative estimate of drug-likeness (QED) is 0.646. The summed E-state index contributed by atoms with van der Waals surface area (Å²) in [6.45, 7) is 0. The Hall–Kier alpha value is -1.69. The van der Waals surface area contributed by atoms with Gasteiger partial charge < -0.3 is 5.73 Å². The third kappa shape index (κ3) is 3.41. The van der Waals surface area contributed by atoms with Crippen LogP contribution in [-0.4, -0.2) is 0 Å². The summed E-state index contributed by atoms with van der Waals surface area (Å²) in [5.74, 6) is -0.371. The number of hydrogen-bond donors (Lipinski definition) is 1. The zero-order chi connectivity index (χ0) is 14.0. The topological polar surface area (TPSA) is 26.0 Å². The van der Waals surface area contributed by atoms with Crippen LogP contribution in [0.5, 0.6) is 0 Å². The molecule has 0 saturated carbocycles. The second-order valence-electron chi connectivity index (χ2n) is 3.81. The zero-order valence-corrected chi connectivity index (χ0v) is 10.4. The Kier molecular flexibility index (Phi) is 3.71. The maximum Gasteiger partial charge on any atom is 0.416 e. The van der Waals surface area contributed by atoms with Gasteiger partial charge in [0, 0.05) is 15.5 Å². The fourth-order valence-electron chi connectivity index (χ4n) is 1.45. The number of alkyl halides is 3. The molecule has 6 heteroatoms. The van der Waals surface area contributed by atoms with Crippen molar-refractivity contribution in [3.8, 4) is 0 Å². The van der Waals surface area contributed by atoms with Gasteiger partial charge in [0.05, 0.1) is 5.56 Å². The second-order valence-corrected chi connectivity index (χ2v) is 4.92. The molecule has 19 heavy (non-hydrogen) atoms. The molecule has 0 aliphatic rings. The number of benzene rings is 2. The molecule has 0 bridgehead atoms. The summed E-state index contributed by atoms with van der Waals surface area (Å²) in [6.07, 6.45) is -4.41. The van der Waals surface area contributed by atoms with Gasteiger partial charge in [0.15, 0.2) is 0 Å². The van der Waals surface area contributed by atoms with Crippen molar-refractivity contribution in [2.24, 2.45) is 0 Å². The molecule has 0 unspecified atom stereocenters. The normalized spacial score (nSPS) is 11.6. The molecule has 0 spiro atoms. The summed E-state index contributed by atoms with van der Waals surface area (Å²) in [5, 5.41) is 0. The molecule has 0 heterocycles. The second kappa shape index (κ2) is 5.13. The maximum atomic E-state index is 12.7.